The number of hydrogen-bond acceptors (Lipinski definition) is 6. The predicted molar refractivity (Wildman–Crippen MR) is 117 cm³/mol. The zero-order valence-corrected chi connectivity index (χ0v) is 17.6. The van der Waals surface area contributed by atoms with Crippen LogP contribution < -0.4 is 5.43 Å². The Morgan fingerprint density at radius 3 is 2.64 bits per heavy atom. The van der Waals surface area contributed by atoms with Gasteiger partial charge in [0.1, 0.15) is 12.7 Å². The molecule has 0 aliphatic heterocycles. The zero-order chi connectivity index (χ0) is 19.3. The highest BCUT2D eigenvalue weighted by molar-refractivity contribution is 9.10. The molecule has 0 atom stereocenters. The molecule has 0 radical (unpaired) electrons. The summed E-state index contributed by atoms with van der Waals surface area (Å²) in [5, 5.41) is 12.1. The Balaban J connectivity index is 1.56. The first kappa shape index (κ1) is 18.8. The van der Waals surface area contributed by atoms with E-state index in [2.05, 4.69) is 41.5 Å². The normalized spacial score (nSPS) is 11.6. The highest BCUT2D eigenvalue weighted by Gasteiger charge is 2.08. The number of rotatable bonds is 6. The van der Waals surface area contributed by atoms with Gasteiger partial charge in [0.05, 0.1) is 18.0 Å². The third kappa shape index (κ3) is 4.64. The van der Waals surface area contributed by atoms with Crippen LogP contribution in [0.3, 0.4) is 0 Å². The second-order valence-corrected chi connectivity index (χ2v) is 8.03. The van der Waals surface area contributed by atoms with Crippen LogP contribution in [-0.2, 0) is 6.54 Å². The summed E-state index contributed by atoms with van der Waals surface area (Å²) in [7, 11) is 0. The summed E-state index contributed by atoms with van der Waals surface area (Å²) < 4.78 is 2.75. The molecule has 0 saturated carbocycles. The van der Waals surface area contributed by atoms with Crippen LogP contribution in [0.25, 0.3) is 11.3 Å². The maximum absolute atomic E-state index is 6.01. The van der Waals surface area contributed by atoms with Crippen molar-refractivity contribution in [2.45, 2.75) is 6.54 Å². The van der Waals surface area contributed by atoms with Crippen LogP contribution in [-0.4, -0.2) is 25.5 Å². The van der Waals surface area contributed by atoms with Gasteiger partial charge in [-0.15, -0.1) is 11.3 Å². The summed E-state index contributed by atoms with van der Waals surface area (Å²) in [4.78, 5) is 8.60. The van der Waals surface area contributed by atoms with E-state index in [4.69, 9.17) is 11.6 Å². The zero-order valence-electron chi connectivity index (χ0n) is 14.5. The van der Waals surface area contributed by atoms with Crippen molar-refractivity contribution in [3.05, 3.63) is 81.6 Å². The second-order valence-electron chi connectivity index (χ2n) is 5.82. The molecule has 140 valence electrons. The molecule has 9 heteroatoms. The molecule has 0 unspecified atom stereocenters. The average molecular weight is 474 g/mol. The van der Waals surface area contributed by atoms with Gasteiger partial charge in [-0.05, 0) is 29.8 Å². The van der Waals surface area contributed by atoms with E-state index in [1.54, 1.807) is 11.0 Å². The van der Waals surface area contributed by atoms with E-state index in [1.807, 2.05) is 53.9 Å². The molecule has 0 aliphatic rings. The number of hydrogen-bond donors (Lipinski definition) is 1. The summed E-state index contributed by atoms with van der Waals surface area (Å²) in [6.07, 6.45) is 3.15. The molecule has 28 heavy (non-hydrogen) atoms. The van der Waals surface area contributed by atoms with Gasteiger partial charge in [-0.2, -0.15) is 10.2 Å². The number of hydrazone groups is 1. The van der Waals surface area contributed by atoms with E-state index in [1.165, 1.54) is 17.7 Å². The molecule has 0 bridgehead atoms. The molecule has 2 heterocycles. The topological polar surface area (TPSA) is 68.0 Å². The van der Waals surface area contributed by atoms with Crippen molar-refractivity contribution in [1.29, 1.82) is 0 Å². The maximum atomic E-state index is 6.01. The van der Waals surface area contributed by atoms with Crippen LogP contribution in [0.4, 0.5) is 5.13 Å². The molecular formula is C19H14BrClN6S. The second kappa shape index (κ2) is 8.64. The lowest BCUT2D eigenvalue weighted by atomic mass is 10.1. The number of nitrogens with one attached hydrogen (secondary N) is 1. The number of benzene rings is 2. The monoisotopic (exact) mass is 472 g/mol. The van der Waals surface area contributed by atoms with Crippen molar-refractivity contribution in [2.24, 2.45) is 5.10 Å². The van der Waals surface area contributed by atoms with Gasteiger partial charge in [-0.1, -0.05) is 51.8 Å². The van der Waals surface area contributed by atoms with Crippen molar-refractivity contribution >= 4 is 49.7 Å². The average Bonchev–Trinajstić information content (AvgIpc) is 3.38. The fraction of sp³-hybridized carbons (Fsp3) is 0.0526. The van der Waals surface area contributed by atoms with Crippen molar-refractivity contribution in [3.8, 4) is 11.3 Å². The summed E-state index contributed by atoms with van der Waals surface area (Å²) in [5.74, 6) is 0. The maximum Gasteiger partial charge on any atom is 0.203 e. The van der Waals surface area contributed by atoms with Crippen LogP contribution in [0.1, 0.15) is 5.56 Å². The molecule has 2 aromatic carbocycles. The van der Waals surface area contributed by atoms with Crippen molar-refractivity contribution in [3.63, 3.8) is 0 Å². The first-order valence-corrected chi connectivity index (χ1v) is 10.3. The van der Waals surface area contributed by atoms with Crippen molar-refractivity contribution in [1.82, 2.24) is 19.7 Å². The number of aromatic nitrogens is 4. The molecule has 0 aliphatic carbocycles. The summed E-state index contributed by atoms with van der Waals surface area (Å²) in [6, 6.07) is 15.6. The fourth-order valence-electron chi connectivity index (χ4n) is 2.49. The lowest BCUT2D eigenvalue weighted by Crippen LogP contribution is -2.14. The first-order valence-electron chi connectivity index (χ1n) is 8.30. The third-order valence-electron chi connectivity index (χ3n) is 3.89. The Morgan fingerprint density at radius 2 is 1.93 bits per heavy atom. The molecule has 0 amide bonds. The van der Waals surface area contributed by atoms with E-state index in [-0.39, 0.29) is 0 Å². The van der Waals surface area contributed by atoms with Gasteiger partial charge in [-0.3, -0.25) is 5.43 Å². The predicted octanol–water partition coefficient (Wildman–Crippen LogP) is 5.33. The Bertz CT molecular complexity index is 1070. The Kier molecular flexibility index (Phi) is 5.80. The minimum absolute atomic E-state index is 0.472. The summed E-state index contributed by atoms with van der Waals surface area (Å²) in [6.45, 7) is 0.472. The van der Waals surface area contributed by atoms with Gasteiger partial charge in [0.25, 0.3) is 0 Å². The lowest BCUT2D eigenvalue weighted by Gasteiger charge is -2.07. The molecule has 0 fully saturated rings. The summed E-state index contributed by atoms with van der Waals surface area (Å²) in [5.41, 5.74) is 6.75. The van der Waals surface area contributed by atoms with Crippen molar-refractivity contribution < 1.29 is 0 Å². The van der Waals surface area contributed by atoms with Gasteiger partial charge in [0, 0.05) is 20.4 Å². The molecule has 0 saturated heterocycles. The van der Waals surface area contributed by atoms with Gasteiger partial charge in [0.15, 0.2) is 0 Å². The van der Waals surface area contributed by atoms with Crippen LogP contribution in [0.5, 0.6) is 0 Å². The number of thiazole rings is 1. The summed E-state index contributed by atoms with van der Waals surface area (Å²) >= 11 is 11.0. The lowest BCUT2D eigenvalue weighted by molar-refractivity contribution is 0.721. The first-order chi connectivity index (χ1) is 13.7. The molecule has 6 nitrogen and oxygen atoms in total. The number of halogens is 2. The third-order valence-corrected chi connectivity index (χ3v) is 5.41. The van der Waals surface area contributed by atoms with E-state index in [0.717, 1.165) is 27.0 Å². The molecule has 0 spiro atoms. The molecule has 4 aromatic rings. The Labute approximate surface area is 179 Å². The Morgan fingerprint density at radius 1 is 1.14 bits per heavy atom. The number of anilines is 1. The molecular weight excluding hydrogens is 460 g/mol. The Hall–Kier alpha value is -2.55. The van der Waals surface area contributed by atoms with Gasteiger partial charge in [-0.25, -0.2) is 14.6 Å². The van der Waals surface area contributed by atoms with Gasteiger partial charge >= 0.3 is 0 Å². The molecule has 2 aromatic heterocycles. The van der Waals surface area contributed by atoms with E-state index < -0.39 is 0 Å². The largest absolute Gasteiger partial charge is 0.252 e. The van der Waals surface area contributed by atoms with Crippen LogP contribution in [0.15, 0.2) is 76.1 Å². The van der Waals surface area contributed by atoms with Crippen LogP contribution in [0.2, 0.25) is 5.02 Å². The van der Waals surface area contributed by atoms with E-state index in [9.17, 15) is 0 Å². The highest BCUT2D eigenvalue weighted by Crippen LogP contribution is 2.26. The highest BCUT2D eigenvalue weighted by atomic mass is 79.9. The SMILES string of the molecule is Clc1ccc(/C(Cn2cncn2)=N\Nc2nc(-c3ccc(Br)cc3)cs2)cc1. The van der Waals surface area contributed by atoms with Gasteiger partial charge < -0.3 is 0 Å². The van der Waals surface area contributed by atoms with E-state index in [0.29, 0.717) is 16.7 Å². The standard InChI is InChI=1S/C19H14BrClN6S/c20-15-5-1-14(2-6-15)18-10-28-19(24-18)26-25-17(9-27-12-22-11-23-27)13-3-7-16(21)8-4-13/h1-8,10-12H,9H2,(H,24,26)/b25-17-. The molecule has 4 rings (SSSR count). The van der Waals surface area contributed by atoms with Gasteiger partial charge in [0.2, 0.25) is 5.13 Å². The minimum Gasteiger partial charge on any atom is -0.252 e. The fourth-order valence-corrected chi connectivity index (χ4v) is 3.55. The quantitative estimate of drug-likeness (QED) is 0.303. The van der Waals surface area contributed by atoms with Crippen LogP contribution in [0, 0.1) is 0 Å². The van der Waals surface area contributed by atoms with Crippen molar-refractivity contribution in [2.75, 3.05) is 5.43 Å². The number of nitrogens with zero attached hydrogens (tertiary/aromatic N) is 5. The smallest absolute Gasteiger partial charge is 0.203 e. The minimum atomic E-state index is 0.472. The van der Waals surface area contributed by atoms with E-state index >= 15 is 0 Å². The molecule has 1 N–H and O–H groups in total. The van der Waals surface area contributed by atoms with Crippen LogP contribution >= 0.6 is 38.9 Å².